The molecule has 0 saturated carbocycles. The van der Waals surface area contributed by atoms with Crippen LogP contribution in [0.2, 0.25) is 0 Å². The fourth-order valence-corrected chi connectivity index (χ4v) is 3.96. The van der Waals surface area contributed by atoms with E-state index in [0.717, 1.165) is 37.8 Å². The Labute approximate surface area is 160 Å². The summed E-state index contributed by atoms with van der Waals surface area (Å²) in [4.78, 5) is 13.5. The van der Waals surface area contributed by atoms with Crippen molar-refractivity contribution in [1.29, 1.82) is 0 Å². The number of rotatable bonds is 5. The summed E-state index contributed by atoms with van der Waals surface area (Å²) in [6.45, 7) is 3.14. The molecule has 0 aliphatic carbocycles. The number of para-hydroxylation sites is 1. The van der Waals surface area contributed by atoms with Gasteiger partial charge in [0.1, 0.15) is 5.82 Å². The largest absolute Gasteiger partial charge is 0.363 e. The van der Waals surface area contributed by atoms with Gasteiger partial charge in [0.25, 0.3) is 0 Å². The Morgan fingerprint density at radius 1 is 1.22 bits per heavy atom. The van der Waals surface area contributed by atoms with Crippen LogP contribution in [-0.2, 0) is 13.6 Å². The van der Waals surface area contributed by atoms with Gasteiger partial charge in [0.2, 0.25) is 5.95 Å². The van der Waals surface area contributed by atoms with E-state index in [1.54, 1.807) is 0 Å². The van der Waals surface area contributed by atoms with E-state index in [1.807, 2.05) is 31.3 Å². The van der Waals surface area contributed by atoms with Gasteiger partial charge < -0.3 is 14.8 Å². The Morgan fingerprint density at radius 2 is 2.07 bits per heavy atom. The normalized spacial score (nSPS) is 18.0. The van der Waals surface area contributed by atoms with E-state index in [0.29, 0.717) is 6.04 Å². The Hall–Kier alpha value is -2.60. The van der Waals surface area contributed by atoms with E-state index in [2.05, 4.69) is 62.3 Å². The van der Waals surface area contributed by atoms with Crippen LogP contribution in [0.25, 0.3) is 10.9 Å². The Balaban J connectivity index is 1.44. The molecule has 3 aromatic rings. The highest BCUT2D eigenvalue weighted by atomic mass is 15.2. The van der Waals surface area contributed by atoms with Gasteiger partial charge in [-0.2, -0.15) is 4.98 Å². The molecule has 4 rings (SSSR count). The number of anilines is 2. The standard InChI is InChI=1S/C21H28N6/c1-25(2)20-10-11-22-21(24-20)23-17-7-6-12-27(15-17)14-16-13-26(3)19-9-5-4-8-18(16)19/h4-5,8-11,13,17H,6-7,12,14-15H2,1-3H3,(H,22,23,24). The van der Waals surface area contributed by atoms with Crippen LogP contribution in [0.1, 0.15) is 18.4 Å². The van der Waals surface area contributed by atoms with Crippen molar-refractivity contribution in [2.24, 2.45) is 7.05 Å². The van der Waals surface area contributed by atoms with Crippen molar-refractivity contribution < 1.29 is 0 Å². The number of nitrogens with one attached hydrogen (secondary N) is 1. The molecule has 6 nitrogen and oxygen atoms in total. The van der Waals surface area contributed by atoms with Crippen molar-refractivity contribution in [1.82, 2.24) is 19.4 Å². The van der Waals surface area contributed by atoms with E-state index in [4.69, 9.17) is 0 Å². The van der Waals surface area contributed by atoms with Crippen molar-refractivity contribution in [2.75, 3.05) is 37.4 Å². The first-order valence-electron chi connectivity index (χ1n) is 9.62. The van der Waals surface area contributed by atoms with Crippen LogP contribution >= 0.6 is 0 Å². The predicted octanol–water partition coefficient (Wildman–Crippen LogP) is 3.11. The summed E-state index contributed by atoms with van der Waals surface area (Å²) in [7, 11) is 6.12. The summed E-state index contributed by atoms with van der Waals surface area (Å²) in [6, 6.07) is 11.0. The minimum atomic E-state index is 0.381. The second-order valence-electron chi connectivity index (χ2n) is 7.63. The van der Waals surface area contributed by atoms with Gasteiger partial charge in [-0.05, 0) is 37.1 Å². The zero-order valence-electron chi connectivity index (χ0n) is 16.4. The molecule has 1 N–H and O–H groups in total. The molecule has 0 spiro atoms. The number of aromatic nitrogens is 3. The summed E-state index contributed by atoms with van der Waals surface area (Å²) >= 11 is 0. The van der Waals surface area contributed by atoms with Crippen LogP contribution in [0.5, 0.6) is 0 Å². The zero-order valence-corrected chi connectivity index (χ0v) is 16.4. The highest BCUT2D eigenvalue weighted by Crippen LogP contribution is 2.24. The topological polar surface area (TPSA) is 49.2 Å². The maximum absolute atomic E-state index is 4.60. The third-order valence-corrected chi connectivity index (χ3v) is 5.31. The molecule has 1 saturated heterocycles. The van der Waals surface area contributed by atoms with Crippen LogP contribution in [0.15, 0.2) is 42.7 Å². The minimum Gasteiger partial charge on any atom is -0.363 e. The fourth-order valence-electron chi connectivity index (χ4n) is 3.96. The van der Waals surface area contributed by atoms with Crippen LogP contribution in [0.4, 0.5) is 11.8 Å². The molecule has 3 heterocycles. The summed E-state index contributed by atoms with van der Waals surface area (Å²) in [6.07, 6.45) is 6.43. The Kier molecular flexibility index (Phi) is 4.99. The van der Waals surface area contributed by atoms with E-state index in [9.17, 15) is 0 Å². The van der Waals surface area contributed by atoms with Gasteiger partial charge in [-0.1, -0.05) is 18.2 Å². The number of nitrogens with zero attached hydrogens (tertiary/aromatic N) is 5. The van der Waals surface area contributed by atoms with Crippen molar-refractivity contribution in [2.45, 2.75) is 25.4 Å². The Morgan fingerprint density at radius 3 is 2.93 bits per heavy atom. The number of likely N-dealkylation sites (tertiary alicyclic amines) is 1. The average Bonchev–Trinajstić information content (AvgIpc) is 2.98. The summed E-state index contributed by atoms with van der Waals surface area (Å²) < 4.78 is 2.23. The quantitative estimate of drug-likeness (QED) is 0.754. The molecule has 1 unspecified atom stereocenters. The van der Waals surface area contributed by atoms with E-state index in [1.165, 1.54) is 22.9 Å². The first-order valence-corrected chi connectivity index (χ1v) is 9.62. The van der Waals surface area contributed by atoms with Gasteiger partial charge in [0.05, 0.1) is 0 Å². The van der Waals surface area contributed by atoms with Crippen molar-refractivity contribution >= 4 is 22.7 Å². The third kappa shape index (κ3) is 3.90. The summed E-state index contributed by atoms with van der Waals surface area (Å²) in [5, 5.41) is 4.90. The van der Waals surface area contributed by atoms with Crippen molar-refractivity contribution in [3.63, 3.8) is 0 Å². The molecule has 0 radical (unpaired) electrons. The first-order chi connectivity index (χ1) is 13.1. The number of fused-ring (bicyclic) bond motifs is 1. The number of piperidine rings is 1. The maximum atomic E-state index is 4.60. The first kappa shape index (κ1) is 17.8. The smallest absolute Gasteiger partial charge is 0.224 e. The third-order valence-electron chi connectivity index (χ3n) is 5.31. The molecule has 0 amide bonds. The predicted molar refractivity (Wildman–Crippen MR) is 111 cm³/mol. The number of hydrogen-bond acceptors (Lipinski definition) is 5. The molecule has 2 aromatic heterocycles. The van der Waals surface area contributed by atoms with Gasteiger partial charge >= 0.3 is 0 Å². The van der Waals surface area contributed by atoms with Crippen LogP contribution < -0.4 is 10.2 Å². The van der Waals surface area contributed by atoms with Crippen LogP contribution in [0, 0.1) is 0 Å². The molecule has 1 atom stereocenters. The monoisotopic (exact) mass is 364 g/mol. The van der Waals surface area contributed by atoms with Gasteiger partial charge in [0, 0.05) is 63.6 Å². The van der Waals surface area contributed by atoms with Gasteiger partial charge in [-0.3, -0.25) is 4.90 Å². The lowest BCUT2D eigenvalue weighted by Gasteiger charge is -2.33. The maximum Gasteiger partial charge on any atom is 0.224 e. The molecule has 142 valence electrons. The molecular formula is C21H28N6. The van der Waals surface area contributed by atoms with Crippen LogP contribution in [0.3, 0.4) is 0 Å². The lowest BCUT2D eigenvalue weighted by atomic mass is 10.0. The lowest BCUT2D eigenvalue weighted by molar-refractivity contribution is 0.209. The fraction of sp³-hybridized carbons (Fsp3) is 0.429. The summed E-state index contributed by atoms with van der Waals surface area (Å²) in [5.41, 5.74) is 2.70. The SMILES string of the molecule is CN(C)c1ccnc(NC2CCCN(Cc3cn(C)c4ccccc34)C2)n1. The van der Waals surface area contributed by atoms with Crippen LogP contribution in [-0.4, -0.2) is 52.7 Å². The molecule has 27 heavy (non-hydrogen) atoms. The molecule has 1 fully saturated rings. The van der Waals surface area contributed by atoms with Gasteiger partial charge in [-0.25, -0.2) is 4.98 Å². The highest BCUT2D eigenvalue weighted by Gasteiger charge is 2.21. The second-order valence-corrected chi connectivity index (χ2v) is 7.63. The highest BCUT2D eigenvalue weighted by molar-refractivity contribution is 5.83. The minimum absolute atomic E-state index is 0.381. The van der Waals surface area contributed by atoms with E-state index in [-0.39, 0.29) is 0 Å². The molecule has 0 bridgehead atoms. The zero-order chi connectivity index (χ0) is 18.8. The molecule has 1 aliphatic rings. The van der Waals surface area contributed by atoms with Crippen molar-refractivity contribution in [3.8, 4) is 0 Å². The van der Waals surface area contributed by atoms with Gasteiger partial charge in [0.15, 0.2) is 0 Å². The van der Waals surface area contributed by atoms with E-state index >= 15 is 0 Å². The average molecular weight is 364 g/mol. The van der Waals surface area contributed by atoms with Crippen molar-refractivity contribution in [3.05, 3.63) is 48.3 Å². The molecular weight excluding hydrogens is 336 g/mol. The molecule has 6 heteroatoms. The number of aryl methyl sites for hydroxylation is 1. The molecule has 1 aliphatic heterocycles. The lowest BCUT2D eigenvalue weighted by Crippen LogP contribution is -2.41. The Bertz CT molecular complexity index is 916. The van der Waals surface area contributed by atoms with Gasteiger partial charge in [-0.15, -0.1) is 0 Å². The number of hydrogen-bond donors (Lipinski definition) is 1. The second kappa shape index (κ2) is 7.56. The van der Waals surface area contributed by atoms with E-state index < -0.39 is 0 Å². The molecule has 1 aromatic carbocycles. The number of benzene rings is 1. The summed E-state index contributed by atoms with van der Waals surface area (Å²) in [5.74, 6) is 1.65.